The number of aromatic nitrogens is 2. The molecule has 9 heteroatoms. The molecule has 28 heavy (non-hydrogen) atoms. The molecule has 1 aliphatic carbocycles. The Morgan fingerprint density at radius 3 is 2.21 bits per heavy atom. The van der Waals surface area contributed by atoms with Gasteiger partial charge in [0, 0.05) is 29.9 Å². The Bertz CT molecular complexity index is 773. The van der Waals surface area contributed by atoms with E-state index in [9.17, 15) is 4.79 Å². The van der Waals surface area contributed by atoms with E-state index in [0.717, 1.165) is 25.7 Å². The number of anilines is 1. The van der Waals surface area contributed by atoms with Gasteiger partial charge in [-0.3, -0.25) is 0 Å². The van der Waals surface area contributed by atoms with Crippen molar-refractivity contribution < 1.29 is 19.0 Å². The minimum Gasteiger partial charge on any atom is -0.497 e. The minimum absolute atomic E-state index is 0.0323. The van der Waals surface area contributed by atoms with E-state index in [1.807, 2.05) is 0 Å². The molecule has 0 unspecified atom stereocenters. The molecule has 2 N–H and O–H groups in total. The molecule has 0 saturated heterocycles. The molecule has 1 aliphatic rings. The third-order valence-corrected chi connectivity index (χ3v) is 4.68. The Morgan fingerprint density at radius 1 is 1.04 bits per heavy atom. The van der Waals surface area contributed by atoms with E-state index in [1.165, 1.54) is 12.4 Å². The third-order valence-electron chi connectivity index (χ3n) is 4.49. The second-order valence-corrected chi connectivity index (χ2v) is 6.91. The predicted molar refractivity (Wildman–Crippen MR) is 105 cm³/mol. The Morgan fingerprint density at radius 2 is 1.64 bits per heavy atom. The summed E-state index contributed by atoms with van der Waals surface area (Å²) < 4.78 is 16.2. The number of ether oxygens (including phenoxy) is 3. The summed E-state index contributed by atoms with van der Waals surface area (Å²) in [6.45, 7) is 0. The van der Waals surface area contributed by atoms with Crippen LogP contribution in [0.15, 0.2) is 30.6 Å². The summed E-state index contributed by atoms with van der Waals surface area (Å²) in [5, 5.41) is 6.29. The zero-order valence-electron chi connectivity index (χ0n) is 15.8. The normalized spacial score (nSPS) is 18.8. The quantitative estimate of drug-likeness (QED) is 0.760. The molecular formula is C19H23ClN4O4. The Labute approximate surface area is 168 Å². The molecule has 1 fully saturated rings. The highest BCUT2D eigenvalue weighted by Crippen LogP contribution is 2.26. The molecule has 0 radical (unpaired) electrons. The molecule has 1 heterocycles. The number of amides is 2. The lowest BCUT2D eigenvalue weighted by Gasteiger charge is -2.28. The molecule has 8 nitrogen and oxygen atoms in total. The van der Waals surface area contributed by atoms with Gasteiger partial charge in [0.25, 0.3) is 0 Å². The molecule has 2 aromatic rings. The molecule has 3 rings (SSSR count). The standard InChI is InChI=1S/C19H23ClN4O4/c1-26-16-7-14(8-17(9-16)27-2)24-18(25)23-13-3-5-15(6-4-13)28-19-21-10-12(20)11-22-19/h7-11,13,15H,3-6H2,1-2H3,(H2,23,24,25). The maximum atomic E-state index is 12.3. The lowest BCUT2D eigenvalue weighted by Crippen LogP contribution is -2.41. The predicted octanol–water partition coefficient (Wildman–Crippen LogP) is 3.66. The summed E-state index contributed by atoms with van der Waals surface area (Å²) in [4.78, 5) is 20.4. The van der Waals surface area contributed by atoms with Crippen LogP contribution in [0.5, 0.6) is 17.5 Å². The van der Waals surface area contributed by atoms with Gasteiger partial charge in [0.2, 0.25) is 0 Å². The van der Waals surface area contributed by atoms with Crippen LogP contribution < -0.4 is 24.8 Å². The zero-order chi connectivity index (χ0) is 19.9. The van der Waals surface area contributed by atoms with Crippen molar-refractivity contribution >= 4 is 23.3 Å². The smallest absolute Gasteiger partial charge is 0.319 e. The number of nitrogens with one attached hydrogen (secondary N) is 2. The van der Waals surface area contributed by atoms with Gasteiger partial charge in [-0.1, -0.05) is 11.6 Å². The number of hydrogen-bond donors (Lipinski definition) is 2. The Hall–Kier alpha value is -2.74. The summed E-state index contributed by atoms with van der Waals surface area (Å²) in [6, 6.07) is 5.36. The fourth-order valence-corrected chi connectivity index (χ4v) is 3.17. The molecule has 0 spiro atoms. The van der Waals surface area contributed by atoms with Crippen molar-refractivity contribution in [3.8, 4) is 17.5 Å². The molecule has 2 amide bonds. The highest BCUT2D eigenvalue weighted by molar-refractivity contribution is 6.30. The lowest BCUT2D eigenvalue weighted by molar-refractivity contribution is 0.129. The third kappa shape index (κ3) is 5.63. The van der Waals surface area contributed by atoms with Crippen molar-refractivity contribution in [1.29, 1.82) is 0 Å². The van der Waals surface area contributed by atoms with Gasteiger partial charge in [-0.15, -0.1) is 0 Å². The van der Waals surface area contributed by atoms with Gasteiger partial charge in [-0.2, -0.15) is 0 Å². The van der Waals surface area contributed by atoms with Crippen LogP contribution in [-0.2, 0) is 0 Å². The Balaban J connectivity index is 1.46. The van der Waals surface area contributed by atoms with Crippen LogP contribution in [0.4, 0.5) is 10.5 Å². The maximum absolute atomic E-state index is 12.3. The largest absolute Gasteiger partial charge is 0.497 e. The van der Waals surface area contributed by atoms with Crippen molar-refractivity contribution in [2.45, 2.75) is 37.8 Å². The second-order valence-electron chi connectivity index (χ2n) is 6.48. The summed E-state index contributed by atoms with van der Waals surface area (Å²) >= 11 is 5.77. The molecule has 0 atom stereocenters. The molecule has 1 aromatic heterocycles. The first-order valence-electron chi connectivity index (χ1n) is 9.00. The van der Waals surface area contributed by atoms with Gasteiger partial charge in [0.15, 0.2) is 0 Å². The summed E-state index contributed by atoms with van der Waals surface area (Å²) in [7, 11) is 3.13. The number of halogens is 1. The molecule has 150 valence electrons. The number of urea groups is 1. The van der Waals surface area contributed by atoms with Gasteiger partial charge in [-0.25, -0.2) is 14.8 Å². The van der Waals surface area contributed by atoms with E-state index in [-0.39, 0.29) is 18.2 Å². The van der Waals surface area contributed by atoms with E-state index in [0.29, 0.717) is 28.2 Å². The van der Waals surface area contributed by atoms with Crippen LogP contribution in [0.3, 0.4) is 0 Å². The summed E-state index contributed by atoms with van der Waals surface area (Å²) in [6.07, 6.45) is 6.29. The number of carbonyl (C=O) groups is 1. The van der Waals surface area contributed by atoms with Crippen LogP contribution >= 0.6 is 11.6 Å². The monoisotopic (exact) mass is 406 g/mol. The lowest BCUT2D eigenvalue weighted by atomic mass is 9.93. The van der Waals surface area contributed by atoms with Gasteiger partial charge < -0.3 is 24.8 Å². The van der Waals surface area contributed by atoms with E-state index in [2.05, 4.69) is 20.6 Å². The van der Waals surface area contributed by atoms with Gasteiger partial charge in [0.05, 0.1) is 31.6 Å². The van der Waals surface area contributed by atoms with Gasteiger partial charge >= 0.3 is 12.0 Å². The second kappa shape index (κ2) is 9.45. The number of methoxy groups -OCH3 is 2. The van der Waals surface area contributed by atoms with Crippen molar-refractivity contribution in [1.82, 2.24) is 15.3 Å². The van der Waals surface area contributed by atoms with Crippen molar-refractivity contribution in [2.75, 3.05) is 19.5 Å². The number of nitrogens with zero attached hydrogens (tertiary/aromatic N) is 2. The number of rotatable bonds is 6. The molecule has 1 saturated carbocycles. The first kappa shape index (κ1) is 20.0. The topological polar surface area (TPSA) is 94.6 Å². The first-order valence-corrected chi connectivity index (χ1v) is 9.38. The summed E-state index contributed by atoms with van der Waals surface area (Å²) in [5.41, 5.74) is 0.602. The van der Waals surface area contributed by atoms with Crippen LogP contribution in [-0.4, -0.2) is 42.4 Å². The number of carbonyl (C=O) groups excluding carboxylic acids is 1. The zero-order valence-corrected chi connectivity index (χ0v) is 16.5. The molecular weight excluding hydrogens is 384 g/mol. The van der Waals surface area contributed by atoms with Gasteiger partial charge in [0.1, 0.15) is 17.6 Å². The minimum atomic E-state index is -0.263. The highest BCUT2D eigenvalue weighted by atomic mass is 35.5. The van der Waals surface area contributed by atoms with Crippen molar-refractivity contribution in [3.63, 3.8) is 0 Å². The van der Waals surface area contributed by atoms with E-state index >= 15 is 0 Å². The van der Waals surface area contributed by atoms with E-state index < -0.39 is 0 Å². The van der Waals surface area contributed by atoms with Crippen LogP contribution in [0, 0.1) is 0 Å². The molecule has 0 bridgehead atoms. The van der Waals surface area contributed by atoms with Gasteiger partial charge in [-0.05, 0) is 25.7 Å². The van der Waals surface area contributed by atoms with Crippen LogP contribution in [0.2, 0.25) is 5.02 Å². The maximum Gasteiger partial charge on any atom is 0.319 e. The average molecular weight is 407 g/mol. The highest BCUT2D eigenvalue weighted by Gasteiger charge is 2.24. The van der Waals surface area contributed by atoms with Crippen molar-refractivity contribution in [3.05, 3.63) is 35.6 Å². The SMILES string of the molecule is COc1cc(NC(=O)NC2CCC(Oc3ncc(Cl)cn3)CC2)cc(OC)c1. The molecule has 1 aromatic carbocycles. The first-order chi connectivity index (χ1) is 13.6. The molecule has 0 aliphatic heterocycles. The van der Waals surface area contributed by atoms with Crippen molar-refractivity contribution in [2.24, 2.45) is 0 Å². The average Bonchev–Trinajstić information content (AvgIpc) is 2.70. The number of hydrogen-bond acceptors (Lipinski definition) is 6. The summed E-state index contributed by atoms with van der Waals surface area (Å²) in [5.74, 6) is 1.22. The van der Waals surface area contributed by atoms with E-state index in [1.54, 1.807) is 32.4 Å². The van der Waals surface area contributed by atoms with Crippen LogP contribution in [0.1, 0.15) is 25.7 Å². The van der Waals surface area contributed by atoms with E-state index in [4.69, 9.17) is 25.8 Å². The number of benzene rings is 1. The fourth-order valence-electron chi connectivity index (χ4n) is 3.07. The van der Waals surface area contributed by atoms with Crippen LogP contribution in [0.25, 0.3) is 0 Å². The Kier molecular flexibility index (Phi) is 6.76. The fraction of sp³-hybridized carbons (Fsp3) is 0.421.